The number of halogens is 1. The second-order valence-electron chi connectivity index (χ2n) is 6.50. The van der Waals surface area contributed by atoms with Gasteiger partial charge >= 0.3 is 6.03 Å². The summed E-state index contributed by atoms with van der Waals surface area (Å²) in [6, 6.07) is 2.53. The van der Waals surface area contributed by atoms with E-state index in [0.29, 0.717) is 11.7 Å². The van der Waals surface area contributed by atoms with Gasteiger partial charge in [-0.25, -0.2) is 14.8 Å². The fourth-order valence-corrected chi connectivity index (χ4v) is 4.31. The van der Waals surface area contributed by atoms with Crippen molar-refractivity contribution in [2.24, 2.45) is 5.92 Å². The summed E-state index contributed by atoms with van der Waals surface area (Å²) in [5, 5.41) is 9.06. The Balaban J connectivity index is 1.59. The van der Waals surface area contributed by atoms with E-state index < -0.39 is 0 Å². The lowest BCUT2D eigenvalue weighted by molar-refractivity contribution is 0.173. The number of nitriles is 1. The normalized spacial score (nSPS) is 29.5. The molecular formula is C15H17ClN6O. The number of hydrogen-bond donors (Lipinski definition) is 0. The monoisotopic (exact) mass is 332 g/mol. The lowest BCUT2D eigenvalue weighted by Gasteiger charge is -2.38. The quantitative estimate of drug-likeness (QED) is 0.816. The largest absolute Gasteiger partial charge is 0.350 e. The lowest BCUT2D eigenvalue weighted by atomic mass is 10.0. The topological polar surface area (TPSA) is 76.4 Å². The Bertz CT molecular complexity index is 704. The van der Waals surface area contributed by atoms with Gasteiger partial charge in [-0.3, -0.25) is 0 Å². The molecule has 8 heteroatoms. The second kappa shape index (κ2) is 5.24. The molecule has 7 nitrogen and oxygen atoms in total. The van der Waals surface area contributed by atoms with E-state index in [1.54, 1.807) is 11.1 Å². The Morgan fingerprint density at radius 1 is 1.30 bits per heavy atom. The first-order valence-corrected chi connectivity index (χ1v) is 8.17. The number of piperidine rings is 1. The lowest BCUT2D eigenvalue weighted by Crippen LogP contribution is -2.51. The fraction of sp³-hybridized carbons (Fsp3) is 0.600. The Hall–Kier alpha value is -2.07. The molecule has 2 amide bonds. The van der Waals surface area contributed by atoms with Crippen LogP contribution in [0.2, 0.25) is 5.15 Å². The van der Waals surface area contributed by atoms with Gasteiger partial charge in [0, 0.05) is 26.7 Å². The van der Waals surface area contributed by atoms with Gasteiger partial charge < -0.3 is 14.7 Å². The van der Waals surface area contributed by atoms with E-state index in [9.17, 15) is 4.79 Å². The standard InChI is InChI=1S/C15H17ClN6O/c1-20-2-3-21(15(20)23)11-4-9-5-12(11)22(8-9)13-7-18-10(6-17)14(16)19-13/h7,9,11-12H,2-5,8H2,1H3. The average Bonchev–Trinajstić information content (AvgIpc) is 3.22. The maximum atomic E-state index is 12.3. The molecular weight excluding hydrogens is 316 g/mol. The van der Waals surface area contributed by atoms with Crippen LogP contribution in [0.1, 0.15) is 18.5 Å². The first-order chi connectivity index (χ1) is 11.1. The molecule has 0 radical (unpaired) electrons. The summed E-state index contributed by atoms with van der Waals surface area (Å²) in [6.07, 6.45) is 3.73. The molecule has 2 saturated heterocycles. The van der Waals surface area contributed by atoms with Crippen molar-refractivity contribution < 1.29 is 4.79 Å². The Kier molecular flexibility index (Phi) is 3.31. The van der Waals surface area contributed by atoms with Crippen molar-refractivity contribution in [2.75, 3.05) is 31.6 Å². The molecule has 1 saturated carbocycles. The van der Waals surface area contributed by atoms with Crippen LogP contribution in [0.4, 0.5) is 10.6 Å². The van der Waals surface area contributed by atoms with E-state index in [1.807, 2.05) is 18.0 Å². The molecule has 3 unspecified atom stereocenters. The number of aromatic nitrogens is 2. The van der Waals surface area contributed by atoms with Crippen LogP contribution in [0.5, 0.6) is 0 Å². The molecule has 3 fully saturated rings. The SMILES string of the molecule is CN1CCN(C2CC3CC2N(c2cnc(C#N)c(Cl)n2)C3)C1=O. The van der Waals surface area contributed by atoms with E-state index in [0.717, 1.165) is 32.5 Å². The molecule has 23 heavy (non-hydrogen) atoms. The van der Waals surface area contributed by atoms with E-state index >= 15 is 0 Å². The zero-order valence-corrected chi connectivity index (χ0v) is 13.6. The molecule has 1 aromatic heterocycles. The summed E-state index contributed by atoms with van der Waals surface area (Å²) in [6.45, 7) is 2.49. The third kappa shape index (κ3) is 2.20. The number of likely N-dealkylation sites (N-methyl/N-ethyl adjacent to an activating group) is 1. The van der Waals surface area contributed by atoms with Gasteiger partial charge in [-0.2, -0.15) is 5.26 Å². The molecule has 3 heterocycles. The molecule has 120 valence electrons. The summed E-state index contributed by atoms with van der Waals surface area (Å²) in [5.74, 6) is 1.27. The zero-order valence-electron chi connectivity index (χ0n) is 12.8. The van der Waals surface area contributed by atoms with Crippen LogP contribution in [0.25, 0.3) is 0 Å². The molecule has 0 N–H and O–H groups in total. The maximum absolute atomic E-state index is 12.3. The van der Waals surface area contributed by atoms with Crippen molar-refractivity contribution in [3.63, 3.8) is 0 Å². The van der Waals surface area contributed by atoms with E-state index in [-0.39, 0.29) is 29.0 Å². The Morgan fingerprint density at radius 3 is 2.61 bits per heavy atom. The second-order valence-corrected chi connectivity index (χ2v) is 6.86. The number of fused-ring (bicyclic) bond motifs is 2. The summed E-state index contributed by atoms with van der Waals surface area (Å²) < 4.78 is 0. The van der Waals surface area contributed by atoms with Crippen molar-refractivity contribution in [3.05, 3.63) is 17.0 Å². The molecule has 3 atom stereocenters. The molecule has 4 rings (SSSR count). The highest BCUT2D eigenvalue weighted by Gasteiger charge is 2.50. The summed E-state index contributed by atoms with van der Waals surface area (Å²) in [5.41, 5.74) is 0.146. The number of urea groups is 1. The molecule has 2 bridgehead atoms. The molecule has 2 aliphatic heterocycles. The van der Waals surface area contributed by atoms with Crippen LogP contribution < -0.4 is 4.90 Å². The number of carbonyl (C=O) groups is 1. The van der Waals surface area contributed by atoms with Crippen LogP contribution in [0, 0.1) is 17.2 Å². The van der Waals surface area contributed by atoms with E-state index in [2.05, 4.69) is 14.9 Å². The molecule has 0 aromatic carbocycles. The van der Waals surface area contributed by atoms with Gasteiger partial charge in [0.1, 0.15) is 11.9 Å². The number of amides is 2. The Labute approximate surface area is 139 Å². The first-order valence-electron chi connectivity index (χ1n) is 7.79. The summed E-state index contributed by atoms with van der Waals surface area (Å²) >= 11 is 6.02. The van der Waals surface area contributed by atoms with Crippen molar-refractivity contribution in [1.82, 2.24) is 19.8 Å². The highest BCUT2D eigenvalue weighted by Crippen LogP contribution is 2.42. The maximum Gasteiger partial charge on any atom is 0.320 e. The van der Waals surface area contributed by atoms with Crippen molar-refractivity contribution in [3.8, 4) is 6.07 Å². The van der Waals surface area contributed by atoms with Crippen LogP contribution >= 0.6 is 11.6 Å². The summed E-state index contributed by atoms with van der Waals surface area (Å²) in [7, 11) is 1.85. The number of nitrogens with zero attached hydrogens (tertiary/aromatic N) is 6. The third-order valence-electron chi connectivity index (χ3n) is 5.22. The van der Waals surface area contributed by atoms with Gasteiger partial charge in [0.15, 0.2) is 10.8 Å². The van der Waals surface area contributed by atoms with Crippen molar-refractivity contribution in [1.29, 1.82) is 5.26 Å². The highest BCUT2D eigenvalue weighted by atomic mass is 35.5. The third-order valence-corrected chi connectivity index (χ3v) is 5.48. The summed E-state index contributed by atoms with van der Waals surface area (Å²) in [4.78, 5) is 26.7. The number of carbonyl (C=O) groups excluding carboxylic acids is 1. The molecule has 0 spiro atoms. The van der Waals surface area contributed by atoms with Gasteiger partial charge in [0.25, 0.3) is 0 Å². The minimum absolute atomic E-state index is 0.117. The molecule has 1 aliphatic carbocycles. The van der Waals surface area contributed by atoms with Crippen LogP contribution in [-0.4, -0.2) is 64.6 Å². The molecule has 3 aliphatic rings. The fourth-order valence-electron chi connectivity index (χ4n) is 4.14. The highest BCUT2D eigenvalue weighted by molar-refractivity contribution is 6.30. The van der Waals surface area contributed by atoms with Crippen molar-refractivity contribution >= 4 is 23.4 Å². The van der Waals surface area contributed by atoms with Gasteiger partial charge in [0.2, 0.25) is 0 Å². The minimum atomic E-state index is 0.117. The first kappa shape index (κ1) is 14.5. The van der Waals surface area contributed by atoms with Crippen LogP contribution in [-0.2, 0) is 0 Å². The van der Waals surface area contributed by atoms with E-state index in [4.69, 9.17) is 16.9 Å². The number of rotatable bonds is 2. The molecule has 1 aromatic rings. The van der Waals surface area contributed by atoms with Crippen LogP contribution in [0.15, 0.2) is 6.20 Å². The minimum Gasteiger partial charge on any atom is -0.350 e. The van der Waals surface area contributed by atoms with Crippen molar-refractivity contribution in [2.45, 2.75) is 24.9 Å². The zero-order chi connectivity index (χ0) is 16.1. The average molecular weight is 333 g/mol. The number of hydrogen-bond acceptors (Lipinski definition) is 5. The van der Waals surface area contributed by atoms with Gasteiger partial charge in [0.05, 0.1) is 18.3 Å². The van der Waals surface area contributed by atoms with Gasteiger partial charge in [-0.05, 0) is 18.8 Å². The predicted octanol–water partition coefficient (Wildman–Crippen LogP) is 1.34. The number of anilines is 1. The smallest absolute Gasteiger partial charge is 0.320 e. The van der Waals surface area contributed by atoms with Gasteiger partial charge in [-0.15, -0.1) is 0 Å². The van der Waals surface area contributed by atoms with Crippen LogP contribution in [0.3, 0.4) is 0 Å². The predicted molar refractivity (Wildman–Crippen MR) is 84.1 cm³/mol. The Morgan fingerprint density at radius 2 is 2.04 bits per heavy atom. The van der Waals surface area contributed by atoms with E-state index in [1.165, 1.54) is 0 Å². The van der Waals surface area contributed by atoms with Gasteiger partial charge in [-0.1, -0.05) is 11.6 Å².